The van der Waals surface area contributed by atoms with Crippen LogP contribution in [0, 0.1) is 5.92 Å². The van der Waals surface area contributed by atoms with E-state index in [2.05, 4.69) is 8.03 Å². The molecule has 0 saturated carbocycles. The molecule has 0 spiro atoms. The van der Waals surface area contributed by atoms with E-state index in [1.807, 2.05) is 0 Å². The summed E-state index contributed by atoms with van der Waals surface area (Å²) in [6, 6.07) is -0.433. The van der Waals surface area contributed by atoms with E-state index in [4.69, 9.17) is 20.5 Å². The fourth-order valence-corrected chi connectivity index (χ4v) is 4.78. The van der Waals surface area contributed by atoms with Gasteiger partial charge < -0.3 is 0 Å². The third kappa shape index (κ3) is 5.19. The summed E-state index contributed by atoms with van der Waals surface area (Å²) in [5.41, 5.74) is 0. The summed E-state index contributed by atoms with van der Waals surface area (Å²) in [6.45, 7) is 3.49. The third-order valence-corrected chi connectivity index (χ3v) is 8.16. The number of urea groups is 1. The molecule has 0 aliphatic carbocycles. The van der Waals surface area contributed by atoms with E-state index in [-0.39, 0.29) is 24.5 Å². The van der Waals surface area contributed by atoms with Crippen molar-refractivity contribution in [3.63, 3.8) is 0 Å². The standard InChI is InChI=1S/C12H22ClN4O5P.Tl/c1-8-6-17(12(19)15-11(8)18)10-5-14-4-9(22-10)7-21-23(13,20)16(2)3;/h8-10,20H,4-7H2,1-3H3,(H,15,18,19);/q;+1. The molecule has 2 aliphatic rings. The molecule has 4 atom stereocenters. The molecule has 0 bridgehead atoms. The first kappa shape index (κ1) is 20.7. The molecule has 9 nitrogen and oxygen atoms in total. The zero-order valence-corrected chi connectivity index (χ0v) is 20.0. The molecule has 0 aromatic carbocycles. The molecule has 2 fully saturated rings. The minimum atomic E-state index is -3.10. The molecule has 0 radical (unpaired) electrons. The molecule has 134 valence electrons. The van der Waals surface area contributed by atoms with Gasteiger partial charge in [0.1, 0.15) is 0 Å². The Balaban J connectivity index is 1.97. The van der Waals surface area contributed by atoms with Gasteiger partial charge in [-0.05, 0) is 0 Å². The molecule has 3 amide bonds. The Bertz CT molecular complexity index is 500. The van der Waals surface area contributed by atoms with Crippen molar-refractivity contribution in [3.8, 4) is 0 Å². The van der Waals surface area contributed by atoms with Gasteiger partial charge in [-0.15, -0.1) is 0 Å². The number of imide groups is 1. The van der Waals surface area contributed by atoms with Crippen LogP contribution in [0.3, 0.4) is 0 Å². The van der Waals surface area contributed by atoms with Crippen molar-refractivity contribution in [2.75, 3.05) is 40.3 Å². The van der Waals surface area contributed by atoms with Crippen LogP contribution in [0.4, 0.5) is 4.79 Å². The molecular weight excluding hydrogens is 551 g/mol. The zero-order valence-electron chi connectivity index (χ0n) is 13.9. The van der Waals surface area contributed by atoms with E-state index >= 15 is 0 Å². The number of morpholine rings is 1. The summed E-state index contributed by atoms with van der Waals surface area (Å²) in [5.74, 6) is -0.542. The predicted molar refractivity (Wildman–Crippen MR) is 90.0 cm³/mol. The number of rotatable bonds is 5. The molecule has 24 heavy (non-hydrogen) atoms. The van der Waals surface area contributed by atoms with E-state index in [0.29, 0.717) is 45.7 Å². The monoisotopic (exact) mass is 573 g/mol. The summed E-state index contributed by atoms with van der Waals surface area (Å²) in [4.78, 5) is 35.2. The Morgan fingerprint density at radius 3 is 2.75 bits per heavy atom. The first-order chi connectivity index (χ1) is 11.1. The molecular formula is C12H22ClN4O5PTl+. The zero-order chi connectivity index (χ0) is 18.1. The molecule has 2 heterocycles. The van der Waals surface area contributed by atoms with Crippen LogP contribution in [0.15, 0.2) is 0 Å². The molecule has 2 aliphatic heterocycles. The van der Waals surface area contributed by atoms with Crippen molar-refractivity contribution in [3.05, 3.63) is 0 Å². The van der Waals surface area contributed by atoms with Crippen molar-refractivity contribution in [1.29, 1.82) is 0 Å². The number of carbonyl (C=O) groups is 2. The average molecular weight is 573 g/mol. The summed E-state index contributed by atoms with van der Waals surface area (Å²) < 4.78 is 15.0. The fraction of sp³-hybridized carbons (Fsp3) is 0.833. The van der Waals surface area contributed by atoms with Gasteiger partial charge in [0.15, 0.2) is 0 Å². The maximum atomic E-state index is 12.1. The molecule has 0 aromatic heterocycles. The summed E-state index contributed by atoms with van der Waals surface area (Å²) in [5, 5.41) is 2.35. The SMILES string of the molecule is CC1CN(C2C[N]([Tl])CC(CO[P+](O)(Cl)N(C)C)O2)C(=O)NC1=O. The van der Waals surface area contributed by atoms with Gasteiger partial charge in [-0.2, -0.15) is 0 Å². The van der Waals surface area contributed by atoms with Crippen molar-refractivity contribution < 1.29 is 23.7 Å². The summed E-state index contributed by atoms with van der Waals surface area (Å²) in [6.07, 6.45) is -0.756. The number of nitrogens with zero attached hydrogens (tertiary/aromatic N) is 3. The molecule has 2 N–H and O–H groups in total. The molecule has 4 unspecified atom stereocenters. The first-order valence-corrected chi connectivity index (χ1v) is 12.0. The van der Waals surface area contributed by atoms with Gasteiger partial charge >= 0.3 is 163 Å². The van der Waals surface area contributed by atoms with Crippen LogP contribution >= 0.6 is 18.5 Å². The van der Waals surface area contributed by atoms with Crippen molar-refractivity contribution in [2.45, 2.75) is 19.3 Å². The second-order valence-electron chi connectivity index (χ2n) is 6.13. The third-order valence-electron chi connectivity index (χ3n) is 3.85. The first-order valence-electron chi connectivity index (χ1n) is 7.50. The van der Waals surface area contributed by atoms with Gasteiger partial charge in [-0.3, -0.25) is 0 Å². The van der Waals surface area contributed by atoms with Gasteiger partial charge in [-0.1, -0.05) is 0 Å². The van der Waals surface area contributed by atoms with Crippen LogP contribution in [-0.4, -0.2) is 108 Å². The molecule has 12 heteroatoms. The van der Waals surface area contributed by atoms with E-state index in [9.17, 15) is 14.5 Å². The summed E-state index contributed by atoms with van der Waals surface area (Å²) in [7, 11) is 0.182. The Hall–Kier alpha value is 0.382. The number of carbonyl (C=O) groups excluding carboxylic acids is 2. The number of amides is 3. The van der Waals surface area contributed by atoms with E-state index in [1.54, 1.807) is 25.9 Å². The topological polar surface area (TPSA) is 94.6 Å². The summed E-state index contributed by atoms with van der Waals surface area (Å²) >= 11 is 6.55. The van der Waals surface area contributed by atoms with Gasteiger partial charge in [0.25, 0.3) is 0 Å². The van der Waals surface area contributed by atoms with Crippen molar-refractivity contribution in [1.82, 2.24) is 17.6 Å². The van der Waals surface area contributed by atoms with Crippen LogP contribution in [-0.2, 0) is 14.1 Å². The predicted octanol–water partition coefficient (Wildman–Crippen LogP) is -0.228. The normalized spacial score (nSPS) is 31.9. The van der Waals surface area contributed by atoms with Crippen molar-refractivity contribution >= 4 is 56.5 Å². The second-order valence-corrected chi connectivity index (χ2v) is 12.3. The van der Waals surface area contributed by atoms with Gasteiger partial charge in [0, 0.05) is 0 Å². The average Bonchev–Trinajstić information content (AvgIpc) is 2.48. The van der Waals surface area contributed by atoms with E-state index < -0.39 is 19.5 Å². The van der Waals surface area contributed by atoms with Crippen LogP contribution in [0.5, 0.6) is 0 Å². The Morgan fingerprint density at radius 2 is 2.12 bits per heavy atom. The fourth-order valence-electron chi connectivity index (χ4n) is 2.41. The van der Waals surface area contributed by atoms with Gasteiger partial charge in [-0.25, -0.2) is 0 Å². The molecule has 0 aromatic rings. The Morgan fingerprint density at radius 1 is 1.46 bits per heavy atom. The molecule has 2 saturated heterocycles. The van der Waals surface area contributed by atoms with Crippen LogP contribution in [0.1, 0.15) is 6.92 Å². The quantitative estimate of drug-likeness (QED) is 0.347. The van der Waals surface area contributed by atoms with Gasteiger partial charge in [0.05, 0.1) is 0 Å². The number of nitrogens with one attached hydrogen (secondary N) is 1. The second kappa shape index (κ2) is 8.38. The Labute approximate surface area is 163 Å². The minimum absolute atomic E-state index is 0.135. The number of halogens is 1. The maximum absolute atomic E-state index is 12.1. The Kier molecular flexibility index (Phi) is 7.23. The van der Waals surface area contributed by atoms with Crippen LogP contribution in [0.2, 0.25) is 0 Å². The van der Waals surface area contributed by atoms with Crippen LogP contribution in [0.25, 0.3) is 0 Å². The van der Waals surface area contributed by atoms with Crippen LogP contribution < -0.4 is 5.32 Å². The molecule has 2 rings (SSSR count). The van der Waals surface area contributed by atoms with Crippen molar-refractivity contribution in [2.24, 2.45) is 5.92 Å². The van der Waals surface area contributed by atoms with E-state index in [1.165, 1.54) is 4.67 Å². The number of ether oxygens (including phenoxy) is 1. The number of hydrogen-bond donors (Lipinski definition) is 2. The number of hydrogen-bond acceptors (Lipinski definition) is 7. The van der Waals surface area contributed by atoms with Gasteiger partial charge in [0.2, 0.25) is 0 Å². The van der Waals surface area contributed by atoms with E-state index in [0.717, 1.165) is 0 Å².